The van der Waals surface area contributed by atoms with E-state index in [1.165, 1.54) is 4.68 Å². The second-order valence-electron chi connectivity index (χ2n) is 5.10. The molecular formula is C14H17N5O2. The number of rotatable bonds is 3. The van der Waals surface area contributed by atoms with Crippen LogP contribution in [0.1, 0.15) is 11.4 Å². The summed E-state index contributed by atoms with van der Waals surface area (Å²) in [6, 6.07) is 7.50. The van der Waals surface area contributed by atoms with Crippen molar-refractivity contribution in [2.75, 3.05) is 11.9 Å². The molecule has 7 nitrogen and oxygen atoms in total. The van der Waals surface area contributed by atoms with E-state index in [0.717, 1.165) is 12.1 Å². The van der Waals surface area contributed by atoms with Gasteiger partial charge < -0.3 is 10.6 Å². The van der Waals surface area contributed by atoms with Crippen LogP contribution >= 0.6 is 0 Å². The minimum atomic E-state index is -0.260. The third-order valence-corrected chi connectivity index (χ3v) is 3.42. The van der Waals surface area contributed by atoms with Crippen LogP contribution in [0, 0.1) is 6.92 Å². The normalized spacial score (nSPS) is 13.8. The predicted octanol–water partition coefficient (Wildman–Crippen LogP) is 0.0951. The Balaban J connectivity index is 1.71. The van der Waals surface area contributed by atoms with E-state index in [2.05, 4.69) is 15.7 Å². The zero-order valence-electron chi connectivity index (χ0n) is 11.8. The molecule has 0 saturated carbocycles. The zero-order valence-corrected chi connectivity index (χ0v) is 11.8. The van der Waals surface area contributed by atoms with Crippen molar-refractivity contribution < 1.29 is 4.79 Å². The molecule has 1 aliphatic heterocycles. The number of carbonyl (C=O) groups excluding carboxylic acids is 1. The summed E-state index contributed by atoms with van der Waals surface area (Å²) < 4.78 is 2.82. The number of aryl methyl sites for hydroxylation is 1. The Hall–Kier alpha value is -2.41. The van der Waals surface area contributed by atoms with Gasteiger partial charge in [-0.25, -0.2) is 9.48 Å². The van der Waals surface area contributed by atoms with E-state index >= 15 is 0 Å². The van der Waals surface area contributed by atoms with Gasteiger partial charge in [0.15, 0.2) is 0 Å². The molecule has 1 aromatic carbocycles. The monoisotopic (exact) mass is 287 g/mol. The number of amides is 1. The summed E-state index contributed by atoms with van der Waals surface area (Å²) in [5.41, 5.74) is 1.60. The van der Waals surface area contributed by atoms with Crippen molar-refractivity contribution in [2.45, 2.75) is 26.6 Å². The summed E-state index contributed by atoms with van der Waals surface area (Å²) in [6.45, 7) is 3.80. The van der Waals surface area contributed by atoms with Crippen LogP contribution in [0.25, 0.3) is 0 Å². The molecule has 2 heterocycles. The zero-order chi connectivity index (χ0) is 14.8. The molecule has 21 heavy (non-hydrogen) atoms. The van der Waals surface area contributed by atoms with Gasteiger partial charge in [-0.15, -0.1) is 0 Å². The van der Waals surface area contributed by atoms with Crippen molar-refractivity contribution in [3.63, 3.8) is 0 Å². The Morgan fingerprint density at radius 1 is 1.38 bits per heavy atom. The standard InChI is InChI=1S/C14H17N5O2/c1-10-2-4-11(5-3-10)16-13(20)9-19-14(21)18-7-6-15-8-12(18)17-19/h2-5,15H,6-9H2,1H3,(H,16,20). The van der Waals surface area contributed by atoms with Gasteiger partial charge in [-0.05, 0) is 19.1 Å². The predicted molar refractivity (Wildman–Crippen MR) is 78.0 cm³/mol. The first-order valence-electron chi connectivity index (χ1n) is 6.87. The molecule has 0 unspecified atom stereocenters. The lowest BCUT2D eigenvalue weighted by molar-refractivity contribution is -0.117. The maximum Gasteiger partial charge on any atom is 0.346 e. The Kier molecular flexibility index (Phi) is 3.57. The minimum absolute atomic E-state index is 0.0767. The average Bonchev–Trinajstić information content (AvgIpc) is 2.78. The summed E-state index contributed by atoms with van der Waals surface area (Å²) in [5, 5.41) is 10.1. The average molecular weight is 287 g/mol. The van der Waals surface area contributed by atoms with Crippen molar-refractivity contribution in [1.82, 2.24) is 19.7 Å². The summed E-state index contributed by atoms with van der Waals surface area (Å²) in [7, 11) is 0. The molecule has 0 atom stereocenters. The number of hydrogen-bond donors (Lipinski definition) is 2. The lowest BCUT2D eigenvalue weighted by atomic mass is 10.2. The van der Waals surface area contributed by atoms with Gasteiger partial charge in [0.1, 0.15) is 12.4 Å². The molecule has 7 heteroatoms. The van der Waals surface area contributed by atoms with Crippen LogP contribution in [0.5, 0.6) is 0 Å². The topological polar surface area (TPSA) is 81.0 Å². The molecule has 0 radical (unpaired) electrons. The fourth-order valence-electron chi connectivity index (χ4n) is 2.31. The van der Waals surface area contributed by atoms with Crippen LogP contribution in [0.2, 0.25) is 0 Å². The van der Waals surface area contributed by atoms with Gasteiger partial charge in [-0.3, -0.25) is 9.36 Å². The fraction of sp³-hybridized carbons (Fsp3) is 0.357. The van der Waals surface area contributed by atoms with E-state index in [1.807, 2.05) is 31.2 Å². The van der Waals surface area contributed by atoms with Gasteiger partial charge in [0.25, 0.3) is 0 Å². The molecule has 2 N–H and O–H groups in total. The summed E-state index contributed by atoms with van der Waals surface area (Å²) in [4.78, 5) is 24.1. The maximum atomic E-state index is 12.1. The van der Waals surface area contributed by atoms with Crippen molar-refractivity contribution >= 4 is 11.6 Å². The van der Waals surface area contributed by atoms with Gasteiger partial charge in [-0.2, -0.15) is 5.10 Å². The van der Waals surface area contributed by atoms with E-state index in [1.54, 1.807) is 4.57 Å². The highest BCUT2D eigenvalue weighted by Gasteiger charge is 2.17. The number of benzene rings is 1. The van der Waals surface area contributed by atoms with Crippen molar-refractivity contribution in [3.8, 4) is 0 Å². The molecule has 1 aromatic heterocycles. The molecule has 3 rings (SSSR count). The summed E-state index contributed by atoms with van der Waals surface area (Å²) in [6.07, 6.45) is 0. The van der Waals surface area contributed by atoms with Crippen LogP contribution in [0.3, 0.4) is 0 Å². The third kappa shape index (κ3) is 2.87. The number of hydrogen-bond acceptors (Lipinski definition) is 4. The second kappa shape index (κ2) is 5.53. The molecule has 0 spiro atoms. The quantitative estimate of drug-likeness (QED) is 0.838. The molecule has 0 fully saturated rings. The van der Waals surface area contributed by atoms with E-state index in [9.17, 15) is 9.59 Å². The highest BCUT2D eigenvalue weighted by atomic mass is 16.2. The maximum absolute atomic E-state index is 12.1. The smallest absolute Gasteiger partial charge is 0.324 e. The number of fused-ring (bicyclic) bond motifs is 1. The number of carbonyl (C=O) groups is 1. The Bertz CT molecular complexity index is 714. The van der Waals surface area contributed by atoms with Crippen LogP contribution in [0.15, 0.2) is 29.1 Å². The number of anilines is 1. The number of aromatic nitrogens is 3. The first kappa shape index (κ1) is 13.6. The highest BCUT2D eigenvalue weighted by molar-refractivity contribution is 5.90. The van der Waals surface area contributed by atoms with Crippen LogP contribution < -0.4 is 16.3 Å². The van der Waals surface area contributed by atoms with Gasteiger partial charge in [-0.1, -0.05) is 17.7 Å². The fourth-order valence-corrected chi connectivity index (χ4v) is 2.31. The van der Waals surface area contributed by atoms with Crippen LogP contribution in [0.4, 0.5) is 5.69 Å². The number of nitrogens with zero attached hydrogens (tertiary/aromatic N) is 3. The van der Waals surface area contributed by atoms with E-state index < -0.39 is 0 Å². The molecule has 1 aliphatic rings. The van der Waals surface area contributed by atoms with Gasteiger partial charge in [0.2, 0.25) is 5.91 Å². The molecule has 1 amide bonds. The van der Waals surface area contributed by atoms with Crippen molar-refractivity contribution in [3.05, 3.63) is 46.1 Å². The first-order chi connectivity index (χ1) is 10.1. The van der Waals surface area contributed by atoms with E-state index in [4.69, 9.17) is 0 Å². The largest absolute Gasteiger partial charge is 0.346 e. The molecule has 110 valence electrons. The summed E-state index contributed by atoms with van der Waals surface area (Å²) >= 11 is 0. The third-order valence-electron chi connectivity index (χ3n) is 3.42. The molecule has 0 saturated heterocycles. The van der Waals surface area contributed by atoms with Crippen LogP contribution in [-0.4, -0.2) is 26.8 Å². The van der Waals surface area contributed by atoms with E-state index in [0.29, 0.717) is 24.6 Å². The SMILES string of the molecule is Cc1ccc(NC(=O)Cn2nc3n(c2=O)CCNC3)cc1. The Morgan fingerprint density at radius 3 is 2.86 bits per heavy atom. The number of nitrogens with one attached hydrogen (secondary N) is 2. The lowest BCUT2D eigenvalue weighted by Crippen LogP contribution is -2.35. The molecule has 2 aromatic rings. The van der Waals surface area contributed by atoms with Crippen molar-refractivity contribution in [1.29, 1.82) is 0 Å². The Morgan fingerprint density at radius 2 is 2.14 bits per heavy atom. The molecule has 0 bridgehead atoms. The van der Waals surface area contributed by atoms with Gasteiger partial charge in [0, 0.05) is 18.8 Å². The van der Waals surface area contributed by atoms with E-state index in [-0.39, 0.29) is 18.1 Å². The van der Waals surface area contributed by atoms with Gasteiger partial charge in [0.05, 0.1) is 6.54 Å². The molecular weight excluding hydrogens is 270 g/mol. The lowest BCUT2D eigenvalue weighted by Gasteiger charge is -2.11. The minimum Gasteiger partial charge on any atom is -0.324 e. The summed E-state index contributed by atoms with van der Waals surface area (Å²) in [5.74, 6) is 0.416. The first-order valence-corrected chi connectivity index (χ1v) is 6.87. The van der Waals surface area contributed by atoms with Crippen molar-refractivity contribution in [2.24, 2.45) is 0 Å². The van der Waals surface area contributed by atoms with Crippen LogP contribution in [-0.2, 0) is 24.4 Å². The highest BCUT2D eigenvalue weighted by Crippen LogP contribution is 2.08. The molecule has 0 aliphatic carbocycles. The second-order valence-corrected chi connectivity index (χ2v) is 5.10. The van der Waals surface area contributed by atoms with Gasteiger partial charge >= 0.3 is 5.69 Å². The Labute approximate surface area is 121 Å².